The van der Waals surface area contributed by atoms with E-state index >= 15 is 0 Å². The van der Waals surface area contributed by atoms with Crippen molar-refractivity contribution in [2.24, 2.45) is 0 Å². The van der Waals surface area contributed by atoms with E-state index in [0.717, 1.165) is 17.7 Å². The number of aryl methyl sites for hydroxylation is 1. The number of phenols is 1. The van der Waals surface area contributed by atoms with Gasteiger partial charge in [-0.15, -0.1) is 0 Å². The quantitative estimate of drug-likeness (QED) is 0.120. The number of hydrogen-bond acceptors (Lipinski definition) is 6. The molecule has 9 nitrogen and oxygen atoms in total. The zero-order chi connectivity index (χ0) is 26.9. The summed E-state index contributed by atoms with van der Waals surface area (Å²) in [6.45, 7) is 2.82. The van der Waals surface area contributed by atoms with Gasteiger partial charge in [0.25, 0.3) is 0 Å². The van der Waals surface area contributed by atoms with Crippen molar-refractivity contribution < 1.29 is 33.5 Å². The van der Waals surface area contributed by atoms with Crippen LogP contribution in [0.2, 0.25) is 0 Å². The number of carbonyl (C=O) groups excluding carboxylic acids is 1. The van der Waals surface area contributed by atoms with Crippen LogP contribution in [-0.4, -0.2) is 45.5 Å². The Kier molecular flexibility index (Phi) is 16.6. The lowest BCUT2D eigenvalue weighted by Crippen LogP contribution is -2.33. The highest BCUT2D eigenvalue weighted by molar-refractivity contribution is 7.46. The van der Waals surface area contributed by atoms with Gasteiger partial charge in [-0.25, -0.2) is 4.57 Å². The Labute approximate surface area is 227 Å². The molecule has 0 unspecified atom stereocenters. The van der Waals surface area contributed by atoms with E-state index in [9.17, 15) is 14.5 Å². The molecule has 0 spiro atoms. The van der Waals surface area contributed by atoms with E-state index in [-0.39, 0.29) is 43.9 Å². The van der Waals surface area contributed by atoms with Crippen LogP contribution in [0.3, 0.4) is 0 Å². The molecule has 6 N–H and O–H groups in total. The van der Waals surface area contributed by atoms with Crippen molar-refractivity contribution in [2.75, 3.05) is 19.8 Å². The number of ether oxygens (including phenoxy) is 1. The molecule has 1 amide bonds. The monoisotopic (exact) mass is 552 g/mol. The summed E-state index contributed by atoms with van der Waals surface area (Å²) in [7, 11) is -4.63. The first-order chi connectivity index (χ1) is 17.8. The number of phosphoric acid groups is 1. The van der Waals surface area contributed by atoms with Gasteiger partial charge >= 0.3 is 7.82 Å². The van der Waals surface area contributed by atoms with Gasteiger partial charge in [0.1, 0.15) is 11.5 Å². The van der Waals surface area contributed by atoms with Gasteiger partial charge in [-0.3, -0.25) is 9.32 Å². The SMILES string of the molecule is CCCCCCCCCCOc1cccc(CCC(=O)N(CCOP(=O)(O)O)Cc2cccc(O)c2)c1.N. The molecule has 0 aliphatic rings. The minimum absolute atomic E-state index is 0. The molecule has 0 bridgehead atoms. The minimum Gasteiger partial charge on any atom is -0.508 e. The molecule has 10 heteroatoms. The molecule has 2 rings (SSSR count). The van der Waals surface area contributed by atoms with Crippen LogP contribution in [0.15, 0.2) is 48.5 Å². The smallest absolute Gasteiger partial charge is 0.469 e. The van der Waals surface area contributed by atoms with Gasteiger partial charge in [0, 0.05) is 19.5 Å². The minimum atomic E-state index is -4.63. The largest absolute Gasteiger partial charge is 0.508 e. The zero-order valence-electron chi connectivity index (χ0n) is 22.6. The number of phenolic OH excluding ortho intramolecular Hbond substituents is 1. The number of unbranched alkanes of at least 4 members (excludes halogenated alkanes) is 7. The molecule has 0 saturated heterocycles. The summed E-state index contributed by atoms with van der Waals surface area (Å²) in [6, 6.07) is 14.3. The Morgan fingerprint density at radius 2 is 1.55 bits per heavy atom. The van der Waals surface area contributed by atoms with Crippen LogP contribution in [0, 0.1) is 0 Å². The summed E-state index contributed by atoms with van der Waals surface area (Å²) >= 11 is 0. The van der Waals surface area contributed by atoms with Crippen molar-refractivity contribution in [1.82, 2.24) is 11.1 Å². The standard InChI is InChI=1S/C28H42NO7P.H3N/c1-2-3-4-5-6-7-8-9-19-35-27-15-11-12-24(22-27)16-17-28(31)29(18-20-36-37(32,33)34)23-25-13-10-14-26(30)21-25;/h10-15,21-22,30H,2-9,16-20,23H2,1H3,(H2,32,33,34);1H3. The number of nitrogens with zero attached hydrogens (tertiary/aromatic N) is 1. The highest BCUT2D eigenvalue weighted by Gasteiger charge is 2.18. The molecule has 0 aromatic heterocycles. The molecule has 0 saturated carbocycles. The third-order valence-electron chi connectivity index (χ3n) is 6.05. The van der Waals surface area contributed by atoms with Gasteiger partial charge in [0.15, 0.2) is 0 Å². The molecular weight excluding hydrogens is 507 g/mol. The van der Waals surface area contributed by atoms with Crippen molar-refractivity contribution in [2.45, 2.75) is 77.7 Å². The van der Waals surface area contributed by atoms with Crippen LogP contribution in [0.4, 0.5) is 0 Å². The molecule has 0 aliphatic heterocycles. The van der Waals surface area contributed by atoms with E-state index in [1.807, 2.05) is 24.3 Å². The van der Waals surface area contributed by atoms with E-state index in [2.05, 4.69) is 11.4 Å². The van der Waals surface area contributed by atoms with Gasteiger partial charge in [0.05, 0.1) is 13.2 Å². The third-order valence-corrected chi connectivity index (χ3v) is 6.57. The summed E-state index contributed by atoms with van der Waals surface area (Å²) in [5.41, 5.74) is 1.69. The van der Waals surface area contributed by atoms with Crippen LogP contribution in [0.25, 0.3) is 0 Å². The van der Waals surface area contributed by atoms with E-state index in [1.165, 1.54) is 55.9 Å². The molecule has 0 fully saturated rings. The van der Waals surface area contributed by atoms with E-state index in [0.29, 0.717) is 18.6 Å². The van der Waals surface area contributed by atoms with Crippen LogP contribution in [-0.2, 0) is 26.8 Å². The number of carbonyl (C=O) groups is 1. The van der Waals surface area contributed by atoms with Crippen molar-refractivity contribution in [3.63, 3.8) is 0 Å². The van der Waals surface area contributed by atoms with Crippen molar-refractivity contribution in [1.29, 1.82) is 0 Å². The lowest BCUT2D eigenvalue weighted by Gasteiger charge is -2.23. The third kappa shape index (κ3) is 15.1. The van der Waals surface area contributed by atoms with Crippen molar-refractivity contribution in [3.05, 3.63) is 59.7 Å². The molecule has 0 aliphatic carbocycles. The number of benzene rings is 2. The van der Waals surface area contributed by atoms with Crippen LogP contribution in [0.1, 0.15) is 75.8 Å². The Morgan fingerprint density at radius 1 is 0.895 bits per heavy atom. The predicted molar refractivity (Wildman–Crippen MR) is 149 cm³/mol. The maximum atomic E-state index is 13.0. The number of phosphoric ester groups is 1. The Bertz CT molecular complexity index is 983. The first kappa shape index (κ1) is 33.6. The predicted octanol–water partition coefficient (Wildman–Crippen LogP) is 6.14. The first-order valence-corrected chi connectivity index (χ1v) is 14.8. The number of aromatic hydroxyl groups is 1. The van der Waals surface area contributed by atoms with E-state index in [4.69, 9.17) is 14.5 Å². The Morgan fingerprint density at radius 3 is 2.24 bits per heavy atom. The number of rotatable bonds is 19. The van der Waals surface area contributed by atoms with Crippen LogP contribution >= 0.6 is 7.82 Å². The highest BCUT2D eigenvalue weighted by atomic mass is 31.2. The van der Waals surface area contributed by atoms with E-state index in [1.54, 1.807) is 18.2 Å². The topological polar surface area (TPSA) is 152 Å². The fourth-order valence-corrected chi connectivity index (χ4v) is 4.38. The normalized spacial score (nSPS) is 11.1. The van der Waals surface area contributed by atoms with Gasteiger partial charge in [0.2, 0.25) is 5.91 Å². The second kappa shape index (κ2) is 18.8. The van der Waals surface area contributed by atoms with Crippen molar-refractivity contribution >= 4 is 13.7 Å². The lowest BCUT2D eigenvalue weighted by atomic mass is 10.1. The average molecular weight is 553 g/mol. The summed E-state index contributed by atoms with van der Waals surface area (Å²) in [5, 5.41) is 9.73. The molecule has 38 heavy (non-hydrogen) atoms. The summed E-state index contributed by atoms with van der Waals surface area (Å²) in [5.74, 6) is 0.697. The van der Waals surface area contributed by atoms with E-state index < -0.39 is 7.82 Å². The second-order valence-corrected chi connectivity index (χ2v) is 10.5. The molecule has 2 aromatic carbocycles. The lowest BCUT2D eigenvalue weighted by molar-refractivity contribution is -0.132. The Hall–Kier alpha value is -2.42. The molecular formula is C28H45N2O7P. The molecule has 2 aromatic rings. The van der Waals surface area contributed by atoms with Gasteiger partial charge in [-0.2, -0.15) is 0 Å². The highest BCUT2D eigenvalue weighted by Crippen LogP contribution is 2.35. The second-order valence-electron chi connectivity index (χ2n) is 9.28. The number of amides is 1. The van der Waals surface area contributed by atoms with Crippen molar-refractivity contribution in [3.8, 4) is 11.5 Å². The fourth-order valence-electron chi connectivity index (χ4n) is 4.06. The van der Waals surface area contributed by atoms with Gasteiger partial charge < -0.3 is 30.7 Å². The molecule has 0 atom stereocenters. The van der Waals surface area contributed by atoms with Crippen LogP contribution < -0.4 is 10.9 Å². The van der Waals surface area contributed by atoms with Gasteiger partial charge in [-0.1, -0.05) is 76.1 Å². The summed E-state index contributed by atoms with van der Waals surface area (Å²) in [6.07, 6.45) is 10.7. The zero-order valence-corrected chi connectivity index (χ0v) is 23.5. The van der Waals surface area contributed by atoms with Crippen LogP contribution in [0.5, 0.6) is 11.5 Å². The molecule has 214 valence electrons. The first-order valence-electron chi connectivity index (χ1n) is 13.2. The maximum Gasteiger partial charge on any atom is 0.469 e. The number of hydrogen-bond donors (Lipinski definition) is 4. The molecule has 0 heterocycles. The maximum absolute atomic E-state index is 13.0. The Balaban J connectivity index is 0.00000722. The summed E-state index contributed by atoms with van der Waals surface area (Å²) in [4.78, 5) is 32.4. The fraction of sp³-hybridized carbons (Fsp3) is 0.536. The van der Waals surface area contributed by atoms with Gasteiger partial charge in [-0.05, 0) is 48.2 Å². The molecule has 0 radical (unpaired) electrons. The average Bonchev–Trinajstić information content (AvgIpc) is 2.85. The summed E-state index contributed by atoms with van der Waals surface area (Å²) < 4.78 is 21.5.